The fourth-order valence-corrected chi connectivity index (χ4v) is 2.45. The molecule has 2 rings (SSSR count). The fraction of sp³-hybridized carbons (Fsp3) is 0.667. The molecule has 0 aromatic carbocycles. The van der Waals surface area contributed by atoms with Gasteiger partial charge in [0.1, 0.15) is 0 Å². The first-order valence-electron chi connectivity index (χ1n) is 7.48. The van der Waals surface area contributed by atoms with Crippen LogP contribution in [0.5, 0.6) is 5.88 Å². The minimum atomic E-state index is 0.0350. The zero-order valence-electron chi connectivity index (χ0n) is 13.0. The lowest BCUT2D eigenvalue weighted by atomic mass is 10.0. The lowest BCUT2D eigenvalue weighted by Gasteiger charge is -2.33. The van der Waals surface area contributed by atoms with E-state index in [9.17, 15) is 4.79 Å². The molecule has 0 unspecified atom stereocenters. The molecular formula is C15H24N4O2. The smallest absolute Gasteiger partial charge is 0.233 e. The van der Waals surface area contributed by atoms with E-state index in [0.29, 0.717) is 5.88 Å². The number of methoxy groups -OCH3 is 1. The molecule has 0 aliphatic carbocycles. The van der Waals surface area contributed by atoms with Gasteiger partial charge in [0.25, 0.3) is 0 Å². The molecule has 21 heavy (non-hydrogen) atoms. The van der Waals surface area contributed by atoms with Gasteiger partial charge in [-0.15, -0.1) is 5.10 Å². The van der Waals surface area contributed by atoms with Gasteiger partial charge in [-0.2, -0.15) is 5.10 Å². The van der Waals surface area contributed by atoms with E-state index in [-0.39, 0.29) is 17.9 Å². The molecule has 1 N–H and O–H groups in total. The van der Waals surface area contributed by atoms with E-state index in [1.807, 2.05) is 26.0 Å². The van der Waals surface area contributed by atoms with Crippen molar-refractivity contribution in [2.75, 3.05) is 20.2 Å². The third-order valence-corrected chi connectivity index (χ3v) is 3.67. The number of amides is 1. The Labute approximate surface area is 125 Å². The topological polar surface area (TPSA) is 67.3 Å². The van der Waals surface area contributed by atoms with Gasteiger partial charge >= 0.3 is 0 Å². The quantitative estimate of drug-likeness (QED) is 0.884. The van der Waals surface area contributed by atoms with Gasteiger partial charge in [-0.1, -0.05) is 13.8 Å². The summed E-state index contributed by atoms with van der Waals surface area (Å²) in [5.74, 6) is 0.693. The fourth-order valence-electron chi connectivity index (χ4n) is 2.45. The Kier molecular flexibility index (Phi) is 5.50. The van der Waals surface area contributed by atoms with Crippen molar-refractivity contribution in [3.8, 4) is 5.88 Å². The van der Waals surface area contributed by atoms with Gasteiger partial charge in [-0.3, -0.25) is 9.69 Å². The van der Waals surface area contributed by atoms with E-state index < -0.39 is 0 Å². The normalized spacial score (nSPS) is 19.5. The molecule has 6 heteroatoms. The molecule has 1 aliphatic heterocycles. The predicted octanol–water partition coefficient (Wildman–Crippen LogP) is 1.22. The van der Waals surface area contributed by atoms with Crippen molar-refractivity contribution in [1.82, 2.24) is 20.4 Å². The van der Waals surface area contributed by atoms with Crippen molar-refractivity contribution >= 4 is 5.91 Å². The summed E-state index contributed by atoms with van der Waals surface area (Å²) in [6.07, 6.45) is 2.13. The van der Waals surface area contributed by atoms with E-state index >= 15 is 0 Å². The molecular weight excluding hydrogens is 268 g/mol. The first-order valence-corrected chi connectivity index (χ1v) is 7.48. The zero-order chi connectivity index (χ0) is 15.2. The minimum Gasteiger partial charge on any atom is -0.480 e. The number of likely N-dealkylation sites (tertiary alicyclic amines) is 1. The Morgan fingerprint density at radius 2 is 2.29 bits per heavy atom. The highest BCUT2D eigenvalue weighted by atomic mass is 16.5. The van der Waals surface area contributed by atoms with Crippen molar-refractivity contribution in [2.24, 2.45) is 5.92 Å². The van der Waals surface area contributed by atoms with Crippen LogP contribution in [0.25, 0.3) is 0 Å². The third-order valence-electron chi connectivity index (χ3n) is 3.67. The van der Waals surface area contributed by atoms with Crippen LogP contribution in [0.2, 0.25) is 0 Å². The van der Waals surface area contributed by atoms with Crippen molar-refractivity contribution in [3.05, 3.63) is 17.8 Å². The van der Waals surface area contributed by atoms with Crippen LogP contribution in [-0.2, 0) is 11.3 Å². The number of carbonyl (C=O) groups excluding carboxylic acids is 1. The van der Waals surface area contributed by atoms with Gasteiger partial charge in [0.2, 0.25) is 11.8 Å². The lowest BCUT2D eigenvalue weighted by molar-refractivity contribution is -0.125. The van der Waals surface area contributed by atoms with Gasteiger partial charge in [0, 0.05) is 31.1 Å². The Morgan fingerprint density at radius 1 is 1.48 bits per heavy atom. The molecule has 0 saturated carbocycles. The van der Waals surface area contributed by atoms with E-state index in [2.05, 4.69) is 20.4 Å². The summed E-state index contributed by atoms with van der Waals surface area (Å²) in [6.45, 7) is 6.49. The van der Waals surface area contributed by atoms with Crippen molar-refractivity contribution in [3.63, 3.8) is 0 Å². The molecule has 0 spiro atoms. The van der Waals surface area contributed by atoms with E-state index in [4.69, 9.17) is 4.74 Å². The molecule has 1 atom stereocenters. The highest BCUT2D eigenvalue weighted by Gasteiger charge is 2.22. The van der Waals surface area contributed by atoms with Crippen LogP contribution in [-0.4, -0.2) is 47.2 Å². The molecule has 116 valence electrons. The summed E-state index contributed by atoms with van der Waals surface area (Å²) in [7, 11) is 1.58. The monoisotopic (exact) mass is 292 g/mol. The molecule has 0 radical (unpaired) electrons. The number of hydrogen-bond donors (Lipinski definition) is 1. The van der Waals surface area contributed by atoms with Crippen LogP contribution < -0.4 is 10.1 Å². The second-order valence-electron chi connectivity index (χ2n) is 5.80. The summed E-state index contributed by atoms with van der Waals surface area (Å²) >= 11 is 0. The molecule has 2 heterocycles. The molecule has 1 saturated heterocycles. The lowest BCUT2D eigenvalue weighted by Crippen LogP contribution is -2.48. The second kappa shape index (κ2) is 7.36. The van der Waals surface area contributed by atoms with Crippen LogP contribution in [0.4, 0.5) is 0 Å². The summed E-state index contributed by atoms with van der Waals surface area (Å²) in [6, 6.07) is 3.99. The Bertz CT molecular complexity index is 461. The number of carbonyl (C=O) groups is 1. The maximum absolute atomic E-state index is 11.8. The maximum atomic E-state index is 11.8. The van der Waals surface area contributed by atoms with Gasteiger partial charge < -0.3 is 10.1 Å². The van der Waals surface area contributed by atoms with Crippen LogP contribution in [0.15, 0.2) is 12.1 Å². The minimum absolute atomic E-state index is 0.0350. The Morgan fingerprint density at radius 3 is 2.90 bits per heavy atom. The zero-order valence-corrected chi connectivity index (χ0v) is 13.0. The third kappa shape index (κ3) is 4.67. The van der Waals surface area contributed by atoms with Crippen molar-refractivity contribution in [2.45, 2.75) is 39.3 Å². The van der Waals surface area contributed by atoms with Gasteiger partial charge in [-0.25, -0.2) is 0 Å². The van der Waals surface area contributed by atoms with Gasteiger partial charge in [-0.05, 0) is 25.5 Å². The van der Waals surface area contributed by atoms with Gasteiger partial charge in [0.15, 0.2) is 0 Å². The highest BCUT2D eigenvalue weighted by molar-refractivity contribution is 5.78. The number of hydrogen-bond acceptors (Lipinski definition) is 5. The average molecular weight is 292 g/mol. The van der Waals surface area contributed by atoms with E-state index in [0.717, 1.165) is 38.2 Å². The summed E-state index contributed by atoms with van der Waals surface area (Å²) in [4.78, 5) is 14.1. The summed E-state index contributed by atoms with van der Waals surface area (Å²) in [5.41, 5.74) is 0.923. The Balaban J connectivity index is 1.87. The van der Waals surface area contributed by atoms with Crippen molar-refractivity contribution < 1.29 is 9.53 Å². The molecule has 1 aromatic heterocycles. The predicted molar refractivity (Wildman–Crippen MR) is 79.9 cm³/mol. The van der Waals surface area contributed by atoms with Crippen LogP contribution in [0.3, 0.4) is 0 Å². The van der Waals surface area contributed by atoms with Crippen LogP contribution in [0.1, 0.15) is 32.4 Å². The molecule has 1 fully saturated rings. The summed E-state index contributed by atoms with van der Waals surface area (Å²) in [5, 5.41) is 11.3. The highest BCUT2D eigenvalue weighted by Crippen LogP contribution is 2.14. The maximum Gasteiger partial charge on any atom is 0.233 e. The van der Waals surface area contributed by atoms with E-state index in [1.54, 1.807) is 7.11 Å². The summed E-state index contributed by atoms with van der Waals surface area (Å²) < 4.78 is 5.01. The second-order valence-corrected chi connectivity index (χ2v) is 5.80. The largest absolute Gasteiger partial charge is 0.480 e. The Hall–Kier alpha value is -1.69. The number of nitrogens with one attached hydrogen (secondary N) is 1. The van der Waals surface area contributed by atoms with Crippen LogP contribution >= 0.6 is 0 Å². The van der Waals surface area contributed by atoms with Gasteiger partial charge in [0.05, 0.1) is 12.8 Å². The standard InChI is InChI=1S/C15H24N4O2/c1-11(2)15(20)16-12-5-4-8-19(9-12)10-13-6-7-14(21-3)18-17-13/h6-7,11-12H,4-5,8-10H2,1-3H3,(H,16,20)/t12-/m0/s1. The van der Waals surface area contributed by atoms with E-state index in [1.165, 1.54) is 0 Å². The number of nitrogens with zero attached hydrogens (tertiary/aromatic N) is 3. The number of piperidine rings is 1. The van der Waals surface area contributed by atoms with Crippen LogP contribution in [0, 0.1) is 5.92 Å². The molecule has 0 bridgehead atoms. The first-order chi connectivity index (χ1) is 10.1. The molecule has 1 amide bonds. The first kappa shape index (κ1) is 15.7. The average Bonchev–Trinajstić information content (AvgIpc) is 2.48. The number of rotatable bonds is 5. The SMILES string of the molecule is COc1ccc(CN2CCC[C@H](NC(=O)C(C)C)C2)nn1. The molecule has 1 aliphatic rings. The number of aromatic nitrogens is 2. The molecule has 1 aromatic rings. The molecule has 6 nitrogen and oxygen atoms in total. The van der Waals surface area contributed by atoms with Crippen molar-refractivity contribution in [1.29, 1.82) is 0 Å². The number of ether oxygens (including phenoxy) is 1.